The Kier molecular flexibility index (Phi) is 4.00. The molecule has 0 aromatic heterocycles. The minimum Gasteiger partial charge on any atom is -0.481 e. The molecule has 0 atom stereocenters. The summed E-state index contributed by atoms with van der Waals surface area (Å²) in [4.78, 5) is 22.7. The molecular weight excluding hydrogens is 304 g/mol. The summed E-state index contributed by atoms with van der Waals surface area (Å²) in [5.74, 6) is -0.873. The maximum atomic E-state index is 11.8. The normalized spacial score (nSPS) is 29.3. The fourth-order valence-corrected chi connectivity index (χ4v) is 3.73. The number of carboxylic acid groups (broad SMARTS) is 1. The fourth-order valence-electron chi connectivity index (χ4n) is 3.60. The van der Waals surface area contributed by atoms with Gasteiger partial charge in [0.05, 0.1) is 5.92 Å². The standard InChI is InChI=1S/C16H19ClN2O3/c17-12-3-1-10(2-4-12)9-18-15(22)19-13-7-16(8-13)5-11(6-16)14(20)21/h1-4,11,13H,5-9H2,(H,20,21)(H2,18,19,22). The van der Waals surface area contributed by atoms with Crippen molar-refractivity contribution in [2.24, 2.45) is 11.3 Å². The van der Waals surface area contributed by atoms with Crippen LogP contribution < -0.4 is 10.6 Å². The van der Waals surface area contributed by atoms with E-state index < -0.39 is 5.97 Å². The van der Waals surface area contributed by atoms with Crippen LogP contribution in [0.4, 0.5) is 4.79 Å². The van der Waals surface area contributed by atoms with Gasteiger partial charge in [-0.3, -0.25) is 4.79 Å². The van der Waals surface area contributed by atoms with E-state index in [1.54, 1.807) is 12.1 Å². The zero-order chi connectivity index (χ0) is 15.7. The average molecular weight is 323 g/mol. The molecule has 1 spiro atoms. The zero-order valence-corrected chi connectivity index (χ0v) is 12.9. The molecule has 118 valence electrons. The van der Waals surface area contributed by atoms with Crippen LogP contribution in [0.2, 0.25) is 5.02 Å². The van der Waals surface area contributed by atoms with Crippen molar-refractivity contribution in [2.75, 3.05) is 0 Å². The van der Waals surface area contributed by atoms with Crippen LogP contribution >= 0.6 is 11.6 Å². The number of hydrogen-bond donors (Lipinski definition) is 3. The van der Waals surface area contributed by atoms with Gasteiger partial charge >= 0.3 is 12.0 Å². The highest BCUT2D eigenvalue weighted by Crippen LogP contribution is 2.58. The number of aliphatic carboxylic acids is 1. The summed E-state index contributed by atoms with van der Waals surface area (Å²) in [6.45, 7) is 0.460. The molecule has 0 heterocycles. The number of halogens is 1. The first kappa shape index (κ1) is 15.2. The van der Waals surface area contributed by atoms with Gasteiger partial charge < -0.3 is 15.7 Å². The molecule has 0 bridgehead atoms. The molecule has 0 radical (unpaired) electrons. The first-order chi connectivity index (χ1) is 10.5. The van der Waals surface area contributed by atoms with Crippen molar-refractivity contribution in [2.45, 2.75) is 38.3 Å². The number of benzene rings is 1. The summed E-state index contributed by atoms with van der Waals surface area (Å²) < 4.78 is 0. The first-order valence-electron chi connectivity index (χ1n) is 7.47. The highest BCUT2D eigenvalue weighted by atomic mass is 35.5. The predicted octanol–water partition coefficient (Wildman–Crippen LogP) is 2.78. The molecule has 2 amide bonds. The lowest BCUT2D eigenvalue weighted by Gasteiger charge is -2.56. The summed E-state index contributed by atoms with van der Waals surface area (Å²) in [7, 11) is 0. The van der Waals surface area contributed by atoms with Gasteiger partial charge in [-0.1, -0.05) is 23.7 Å². The topological polar surface area (TPSA) is 78.4 Å². The van der Waals surface area contributed by atoms with Crippen molar-refractivity contribution in [1.82, 2.24) is 10.6 Å². The van der Waals surface area contributed by atoms with E-state index in [1.807, 2.05) is 12.1 Å². The Morgan fingerprint density at radius 2 is 1.82 bits per heavy atom. The number of carbonyl (C=O) groups excluding carboxylic acids is 1. The number of urea groups is 1. The maximum absolute atomic E-state index is 11.8. The first-order valence-corrected chi connectivity index (χ1v) is 7.85. The van der Waals surface area contributed by atoms with Gasteiger partial charge in [0.15, 0.2) is 0 Å². The lowest BCUT2D eigenvalue weighted by Crippen LogP contribution is -2.58. The largest absolute Gasteiger partial charge is 0.481 e. The number of amides is 2. The molecule has 0 unspecified atom stereocenters. The molecule has 1 aromatic carbocycles. The highest BCUT2D eigenvalue weighted by molar-refractivity contribution is 6.30. The molecule has 2 aliphatic carbocycles. The smallest absolute Gasteiger partial charge is 0.315 e. The number of hydrogen-bond acceptors (Lipinski definition) is 2. The summed E-state index contributed by atoms with van der Waals surface area (Å²) in [5, 5.41) is 15.3. The third-order valence-corrected chi connectivity index (χ3v) is 5.02. The third-order valence-electron chi connectivity index (χ3n) is 4.77. The van der Waals surface area contributed by atoms with E-state index in [-0.39, 0.29) is 23.4 Å². The van der Waals surface area contributed by atoms with Gasteiger partial charge in [-0.2, -0.15) is 0 Å². The molecule has 3 N–H and O–H groups in total. The summed E-state index contributed by atoms with van der Waals surface area (Å²) in [5.41, 5.74) is 1.17. The van der Waals surface area contributed by atoms with Crippen molar-refractivity contribution < 1.29 is 14.7 Å². The summed E-state index contributed by atoms with van der Waals surface area (Å²) in [6, 6.07) is 7.33. The van der Waals surface area contributed by atoms with E-state index in [0.717, 1.165) is 31.2 Å². The fraction of sp³-hybridized carbons (Fsp3) is 0.500. The lowest BCUT2D eigenvalue weighted by molar-refractivity contribution is -0.155. The Hall–Kier alpha value is -1.75. The molecule has 0 aliphatic heterocycles. The Morgan fingerprint density at radius 1 is 1.18 bits per heavy atom. The van der Waals surface area contributed by atoms with E-state index >= 15 is 0 Å². The SMILES string of the molecule is O=C(NCc1ccc(Cl)cc1)NC1CC2(C1)CC(C(=O)O)C2. The van der Waals surface area contributed by atoms with Crippen LogP contribution in [0.3, 0.4) is 0 Å². The van der Waals surface area contributed by atoms with Crippen LogP contribution in [-0.4, -0.2) is 23.1 Å². The summed E-state index contributed by atoms with van der Waals surface area (Å²) in [6.07, 6.45) is 3.30. The van der Waals surface area contributed by atoms with E-state index in [4.69, 9.17) is 16.7 Å². The van der Waals surface area contributed by atoms with Gasteiger partial charge in [0.2, 0.25) is 0 Å². The lowest BCUT2D eigenvalue weighted by atomic mass is 9.50. The molecule has 3 rings (SSSR count). The predicted molar refractivity (Wildman–Crippen MR) is 82.6 cm³/mol. The average Bonchev–Trinajstić information content (AvgIpc) is 2.38. The van der Waals surface area contributed by atoms with Gasteiger partial charge in [0, 0.05) is 17.6 Å². The Labute approximate surface area is 134 Å². The Morgan fingerprint density at radius 3 is 2.41 bits per heavy atom. The number of nitrogens with one attached hydrogen (secondary N) is 2. The molecule has 2 aliphatic rings. The minimum atomic E-state index is -0.692. The maximum Gasteiger partial charge on any atom is 0.315 e. The zero-order valence-electron chi connectivity index (χ0n) is 12.1. The molecule has 22 heavy (non-hydrogen) atoms. The van der Waals surface area contributed by atoms with E-state index in [9.17, 15) is 9.59 Å². The number of carboxylic acids is 1. The molecule has 0 saturated heterocycles. The monoisotopic (exact) mass is 322 g/mol. The molecule has 5 nitrogen and oxygen atoms in total. The number of carbonyl (C=O) groups is 2. The van der Waals surface area contributed by atoms with Gasteiger partial charge in [-0.05, 0) is 48.8 Å². The Balaban J connectivity index is 1.36. The summed E-state index contributed by atoms with van der Waals surface area (Å²) >= 11 is 5.81. The van der Waals surface area contributed by atoms with Crippen LogP contribution in [0.1, 0.15) is 31.2 Å². The van der Waals surface area contributed by atoms with Crippen LogP contribution in [0.5, 0.6) is 0 Å². The van der Waals surface area contributed by atoms with E-state index in [0.29, 0.717) is 11.6 Å². The van der Waals surface area contributed by atoms with Gasteiger partial charge in [-0.25, -0.2) is 4.79 Å². The van der Waals surface area contributed by atoms with Crippen LogP contribution in [0.25, 0.3) is 0 Å². The second-order valence-electron chi connectivity index (χ2n) is 6.50. The van der Waals surface area contributed by atoms with E-state index in [2.05, 4.69) is 10.6 Å². The Bertz CT molecular complexity index is 574. The molecule has 2 fully saturated rings. The van der Waals surface area contributed by atoms with Crippen LogP contribution in [0, 0.1) is 11.3 Å². The van der Waals surface area contributed by atoms with Crippen LogP contribution in [-0.2, 0) is 11.3 Å². The molecule has 1 aromatic rings. The van der Waals surface area contributed by atoms with Crippen molar-refractivity contribution in [3.63, 3.8) is 0 Å². The van der Waals surface area contributed by atoms with Gasteiger partial charge in [0.1, 0.15) is 0 Å². The third kappa shape index (κ3) is 3.19. The molecular formula is C16H19ClN2O3. The van der Waals surface area contributed by atoms with Gasteiger partial charge in [-0.15, -0.1) is 0 Å². The molecule has 2 saturated carbocycles. The van der Waals surface area contributed by atoms with Crippen molar-refractivity contribution in [3.8, 4) is 0 Å². The van der Waals surface area contributed by atoms with Crippen molar-refractivity contribution in [1.29, 1.82) is 0 Å². The minimum absolute atomic E-state index is 0.167. The molecule has 6 heteroatoms. The van der Waals surface area contributed by atoms with Crippen molar-refractivity contribution in [3.05, 3.63) is 34.9 Å². The van der Waals surface area contributed by atoms with E-state index in [1.165, 1.54) is 0 Å². The quantitative estimate of drug-likeness (QED) is 0.797. The van der Waals surface area contributed by atoms with Crippen molar-refractivity contribution >= 4 is 23.6 Å². The number of rotatable bonds is 4. The van der Waals surface area contributed by atoms with Gasteiger partial charge in [0.25, 0.3) is 0 Å². The van der Waals surface area contributed by atoms with Crippen LogP contribution in [0.15, 0.2) is 24.3 Å². The second-order valence-corrected chi connectivity index (χ2v) is 6.94. The second kappa shape index (κ2) is 5.80. The highest BCUT2D eigenvalue weighted by Gasteiger charge is 2.55.